The maximum absolute atomic E-state index is 11.8. The molecule has 0 heterocycles. The first-order chi connectivity index (χ1) is 8.49. The summed E-state index contributed by atoms with van der Waals surface area (Å²) in [7, 11) is 1.78. The third-order valence-corrected chi connectivity index (χ3v) is 2.81. The van der Waals surface area contributed by atoms with E-state index in [0.717, 1.165) is 18.4 Å². The van der Waals surface area contributed by atoms with E-state index >= 15 is 0 Å². The van der Waals surface area contributed by atoms with Gasteiger partial charge in [0.2, 0.25) is 5.91 Å². The van der Waals surface area contributed by atoms with Crippen LogP contribution in [-0.4, -0.2) is 29.0 Å². The van der Waals surface area contributed by atoms with Crippen LogP contribution >= 0.6 is 0 Å². The molecule has 1 unspecified atom stereocenters. The van der Waals surface area contributed by atoms with Gasteiger partial charge in [-0.15, -0.1) is 0 Å². The average Bonchev–Trinajstić information content (AvgIpc) is 2.28. The van der Waals surface area contributed by atoms with Crippen LogP contribution in [0, 0.1) is 0 Å². The van der Waals surface area contributed by atoms with E-state index in [-0.39, 0.29) is 17.7 Å². The predicted octanol–water partition coefficient (Wildman–Crippen LogP) is 1.87. The molecule has 3 N–H and O–H groups in total. The van der Waals surface area contributed by atoms with Crippen molar-refractivity contribution in [3.05, 3.63) is 29.8 Å². The molecule has 0 aliphatic heterocycles. The standard InChI is InChI=1S/C14H22N2O2/c1-11(15)5-3-8-14(18)16(2)10-12-6-4-7-13(17)9-12/h4,6-7,9,11,17H,3,5,8,10,15H2,1-2H3. The minimum absolute atomic E-state index is 0.110. The summed E-state index contributed by atoms with van der Waals surface area (Å²) in [6.45, 7) is 2.46. The van der Waals surface area contributed by atoms with Gasteiger partial charge in [0.05, 0.1) is 0 Å². The van der Waals surface area contributed by atoms with Crippen molar-refractivity contribution in [3.63, 3.8) is 0 Å². The zero-order valence-corrected chi connectivity index (χ0v) is 11.1. The summed E-state index contributed by atoms with van der Waals surface area (Å²) in [6.07, 6.45) is 2.21. The van der Waals surface area contributed by atoms with Crippen LogP contribution < -0.4 is 5.73 Å². The van der Waals surface area contributed by atoms with Crippen molar-refractivity contribution < 1.29 is 9.90 Å². The Hall–Kier alpha value is -1.55. The summed E-state index contributed by atoms with van der Waals surface area (Å²) in [4.78, 5) is 13.5. The van der Waals surface area contributed by atoms with Crippen LogP contribution in [0.5, 0.6) is 5.75 Å². The van der Waals surface area contributed by atoms with E-state index in [2.05, 4.69) is 0 Å². The second-order valence-corrected chi connectivity index (χ2v) is 4.79. The largest absolute Gasteiger partial charge is 0.508 e. The number of nitrogens with zero attached hydrogens (tertiary/aromatic N) is 1. The fourth-order valence-electron chi connectivity index (χ4n) is 1.78. The lowest BCUT2D eigenvalue weighted by molar-refractivity contribution is -0.130. The van der Waals surface area contributed by atoms with Crippen LogP contribution in [0.1, 0.15) is 31.7 Å². The number of amides is 1. The van der Waals surface area contributed by atoms with Crippen LogP contribution in [0.25, 0.3) is 0 Å². The average molecular weight is 250 g/mol. The van der Waals surface area contributed by atoms with Crippen molar-refractivity contribution in [2.75, 3.05) is 7.05 Å². The fraction of sp³-hybridized carbons (Fsp3) is 0.500. The molecule has 100 valence electrons. The maximum atomic E-state index is 11.8. The Morgan fingerprint density at radius 2 is 2.22 bits per heavy atom. The Morgan fingerprint density at radius 3 is 2.83 bits per heavy atom. The van der Waals surface area contributed by atoms with Gasteiger partial charge in [-0.05, 0) is 37.5 Å². The van der Waals surface area contributed by atoms with E-state index in [1.165, 1.54) is 0 Å². The maximum Gasteiger partial charge on any atom is 0.222 e. The number of phenolic OH excluding ortho intramolecular Hbond substituents is 1. The predicted molar refractivity (Wildman–Crippen MR) is 72.1 cm³/mol. The molecule has 0 radical (unpaired) electrons. The Bertz CT molecular complexity index is 391. The van der Waals surface area contributed by atoms with Gasteiger partial charge in [-0.3, -0.25) is 4.79 Å². The number of nitrogens with two attached hydrogens (primary N) is 1. The van der Waals surface area contributed by atoms with E-state index in [1.54, 1.807) is 30.1 Å². The first kappa shape index (κ1) is 14.5. The third kappa shape index (κ3) is 5.19. The molecule has 1 atom stereocenters. The molecule has 1 rings (SSSR count). The summed E-state index contributed by atoms with van der Waals surface area (Å²) in [5.74, 6) is 0.337. The second kappa shape index (κ2) is 7.01. The number of carbonyl (C=O) groups excluding carboxylic acids is 1. The molecule has 1 aromatic rings. The molecular formula is C14H22N2O2. The van der Waals surface area contributed by atoms with Crippen molar-refractivity contribution in [3.8, 4) is 5.75 Å². The minimum Gasteiger partial charge on any atom is -0.508 e. The van der Waals surface area contributed by atoms with Gasteiger partial charge in [-0.1, -0.05) is 12.1 Å². The summed E-state index contributed by atoms with van der Waals surface area (Å²) < 4.78 is 0. The highest BCUT2D eigenvalue weighted by molar-refractivity contribution is 5.75. The lowest BCUT2D eigenvalue weighted by atomic mass is 10.1. The smallest absolute Gasteiger partial charge is 0.222 e. The van der Waals surface area contributed by atoms with Crippen LogP contribution in [-0.2, 0) is 11.3 Å². The van der Waals surface area contributed by atoms with Crippen LogP contribution in [0.15, 0.2) is 24.3 Å². The molecule has 0 saturated heterocycles. The van der Waals surface area contributed by atoms with Crippen molar-refractivity contribution in [1.82, 2.24) is 4.90 Å². The molecule has 1 amide bonds. The van der Waals surface area contributed by atoms with Crippen molar-refractivity contribution in [1.29, 1.82) is 0 Å². The number of carbonyl (C=O) groups is 1. The Kier molecular flexibility index (Phi) is 5.65. The summed E-state index contributed by atoms with van der Waals surface area (Å²) >= 11 is 0. The topological polar surface area (TPSA) is 66.6 Å². The van der Waals surface area contributed by atoms with Crippen LogP contribution in [0.2, 0.25) is 0 Å². The van der Waals surface area contributed by atoms with Crippen molar-refractivity contribution in [2.45, 2.75) is 38.8 Å². The van der Waals surface area contributed by atoms with Crippen LogP contribution in [0.4, 0.5) is 0 Å². The molecule has 0 saturated carbocycles. The van der Waals surface area contributed by atoms with Gasteiger partial charge in [0, 0.05) is 26.1 Å². The normalized spacial score (nSPS) is 12.2. The van der Waals surface area contributed by atoms with Gasteiger partial charge in [0.25, 0.3) is 0 Å². The monoisotopic (exact) mass is 250 g/mol. The number of benzene rings is 1. The SMILES string of the molecule is CC(N)CCCC(=O)N(C)Cc1cccc(O)c1. The van der Waals surface area contributed by atoms with Crippen LogP contribution in [0.3, 0.4) is 0 Å². The first-order valence-corrected chi connectivity index (χ1v) is 6.26. The van der Waals surface area contributed by atoms with Gasteiger partial charge in [-0.25, -0.2) is 0 Å². The number of phenols is 1. The lowest BCUT2D eigenvalue weighted by Crippen LogP contribution is -2.26. The highest BCUT2D eigenvalue weighted by Crippen LogP contribution is 2.13. The van der Waals surface area contributed by atoms with Gasteiger partial charge >= 0.3 is 0 Å². The summed E-state index contributed by atoms with van der Waals surface area (Å²) in [5.41, 5.74) is 6.57. The first-order valence-electron chi connectivity index (χ1n) is 6.26. The van der Waals surface area contributed by atoms with E-state index in [0.29, 0.717) is 13.0 Å². The summed E-state index contributed by atoms with van der Waals surface area (Å²) in [5, 5.41) is 9.35. The van der Waals surface area contributed by atoms with Crippen molar-refractivity contribution in [2.24, 2.45) is 5.73 Å². The minimum atomic E-state index is 0.110. The molecule has 0 aromatic heterocycles. The Labute approximate surface area is 108 Å². The third-order valence-electron chi connectivity index (χ3n) is 2.81. The van der Waals surface area contributed by atoms with Gasteiger partial charge in [0.15, 0.2) is 0 Å². The zero-order valence-electron chi connectivity index (χ0n) is 11.1. The highest BCUT2D eigenvalue weighted by atomic mass is 16.3. The molecule has 0 fully saturated rings. The van der Waals surface area contributed by atoms with Gasteiger partial charge in [0.1, 0.15) is 5.75 Å². The quantitative estimate of drug-likeness (QED) is 0.810. The molecule has 0 aliphatic rings. The highest BCUT2D eigenvalue weighted by Gasteiger charge is 2.09. The van der Waals surface area contributed by atoms with Gasteiger partial charge in [-0.2, -0.15) is 0 Å². The Morgan fingerprint density at radius 1 is 1.50 bits per heavy atom. The van der Waals surface area contributed by atoms with E-state index in [9.17, 15) is 9.90 Å². The molecule has 18 heavy (non-hydrogen) atoms. The molecule has 1 aromatic carbocycles. The lowest BCUT2D eigenvalue weighted by Gasteiger charge is -2.17. The Balaban J connectivity index is 2.40. The molecular weight excluding hydrogens is 228 g/mol. The van der Waals surface area contributed by atoms with E-state index in [4.69, 9.17) is 5.73 Å². The van der Waals surface area contributed by atoms with E-state index in [1.807, 2.05) is 13.0 Å². The van der Waals surface area contributed by atoms with E-state index < -0.39 is 0 Å². The number of hydrogen-bond donors (Lipinski definition) is 2. The second-order valence-electron chi connectivity index (χ2n) is 4.79. The summed E-state index contributed by atoms with van der Waals surface area (Å²) in [6, 6.07) is 7.11. The number of aromatic hydroxyl groups is 1. The molecule has 0 spiro atoms. The molecule has 4 nitrogen and oxygen atoms in total. The molecule has 0 bridgehead atoms. The van der Waals surface area contributed by atoms with Gasteiger partial charge < -0.3 is 15.7 Å². The van der Waals surface area contributed by atoms with Crippen molar-refractivity contribution >= 4 is 5.91 Å². The number of hydrogen-bond acceptors (Lipinski definition) is 3. The number of rotatable bonds is 6. The zero-order chi connectivity index (χ0) is 13.5. The molecule has 4 heteroatoms. The molecule has 0 aliphatic carbocycles. The fourth-order valence-corrected chi connectivity index (χ4v) is 1.78.